The van der Waals surface area contributed by atoms with Crippen molar-refractivity contribution >= 4 is 11.8 Å². The summed E-state index contributed by atoms with van der Waals surface area (Å²) in [5.41, 5.74) is 4.29. The van der Waals surface area contributed by atoms with E-state index in [0.29, 0.717) is 23.0 Å². The highest BCUT2D eigenvalue weighted by atomic mass is 16.5. The van der Waals surface area contributed by atoms with Gasteiger partial charge in [0.05, 0.1) is 0 Å². The Labute approximate surface area is 208 Å². The van der Waals surface area contributed by atoms with Gasteiger partial charge in [0.2, 0.25) is 0 Å². The maximum atomic E-state index is 12.3. The molecule has 0 aliphatic heterocycles. The highest BCUT2D eigenvalue weighted by Crippen LogP contribution is 2.68. The molecular weight excluding hydrogens is 420 g/mol. The number of esters is 1. The van der Waals surface area contributed by atoms with E-state index in [1.165, 1.54) is 38.5 Å². The molecule has 192 valence electrons. The molecule has 0 spiro atoms. The Kier molecular flexibility index (Phi) is 6.93. The van der Waals surface area contributed by atoms with Gasteiger partial charge in [0.15, 0.2) is 0 Å². The predicted octanol–water partition coefficient (Wildman–Crippen LogP) is 7.92. The smallest absolute Gasteiger partial charge is 0.302 e. The molecule has 0 radical (unpaired) electrons. The van der Waals surface area contributed by atoms with Crippen molar-refractivity contribution in [2.24, 2.45) is 45.8 Å². The molecule has 0 saturated heterocycles. The van der Waals surface area contributed by atoms with Crippen molar-refractivity contribution < 1.29 is 14.3 Å². The number of ketones is 1. The first-order valence-corrected chi connectivity index (χ1v) is 14.2. The summed E-state index contributed by atoms with van der Waals surface area (Å²) in [5, 5.41) is 0. The number of carbonyl (C=O) groups is 2. The predicted molar refractivity (Wildman–Crippen MR) is 138 cm³/mol. The third-order valence-electron chi connectivity index (χ3n) is 11.4. The minimum atomic E-state index is -0.132. The van der Waals surface area contributed by atoms with Gasteiger partial charge in [-0.3, -0.25) is 9.59 Å². The molecule has 4 aliphatic rings. The number of ether oxygens (including phenoxy) is 1. The minimum Gasteiger partial charge on any atom is -0.462 e. The van der Waals surface area contributed by atoms with Crippen LogP contribution >= 0.6 is 0 Å². The second-order valence-corrected chi connectivity index (χ2v) is 13.8. The van der Waals surface area contributed by atoms with E-state index in [9.17, 15) is 9.59 Å². The average Bonchev–Trinajstić information content (AvgIpc) is 3.11. The monoisotopic (exact) mass is 470 g/mol. The molecule has 3 heteroatoms. The van der Waals surface area contributed by atoms with Gasteiger partial charge >= 0.3 is 5.97 Å². The number of carbonyl (C=O) groups excluding carboxylic acids is 2. The van der Waals surface area contributed by atoms with E-state index < -0.39 is 0 Å². The molecule has 0 bridgehead atoms. The zero-order valence-electron chi connectivity index (χ0n) is 23.3. The van der Waals surface area contributed by atoms with Crippen LogP contribution in [0.25, 0.3) is 0 Å². The van der Waals surface area contributed by atoms with E-state index in [1.54, 1.807) is 12.5 Å². The van der Waals surface area contributed by atoms with Crippen molar-refractivity contribution in [2.45, 2.75) is 126 Å². The number of rotatable bonds is 6. The minimum absolute atomic E-state index is 0.0215. The van der Waals surface area contributed by atoms with Crippen LogP contribution in [0.5, 0.6) is 0 Å². The number of fused-ring (bicyclic) bond motifs is 4. The summed E-state index contributed by atoms with van der Waals surface area (Å²) in [7, 11) is 0. The van der Waals surface area contributed by atoms with Gasteiger partial charge in [-0.15, -0.1) is 0 Å². The summed E-state index contributed by atoms with van der Waals surface area (Å²) in [6, 6.07) is 0. The van der Waals surface area contributed by atoms with E-state index >= 15 is 0 Å². The number of hydrogen-bond acceptors (Lipinski definition) is 3. The van der Waals surface area contributed by atoms with Crippen LogP contribution in [-0.4, -0.2) is 17.9 Å². The van der Waals surface area contributed by atoms with E-state index in [4.69, 9.17) is 4.74 Å². The fourth-order valence-electron chi connectivity index (χ4n) is 9.52. The Hall–Kier alpha value is -1.12. The molecule has 34 heavy (non-hydrogen) atoms. The zero-order valence-corrected chi connectivity index (χ0v) is 23.3. The first-order valence-electron chi connectivity index (χ1n) is 14.2. The molecular formula is C31H50O3. The Morgan fingerprint density at radius 2 is 1.68 bits per heavy atom. The standard InChI is InChI=1S/C31H50O3/c1-19(2)26(33)13-9-20(3)23-11-12-24-22-10-14-27-29(5,6)28(34-21(4)32)16-18-31(27,8)25(22)15-17-30(23,24)7/h19-20,23-24,27-28H,9-18H2,1-8H3/t20?,23?,24?,27?,28?,30-,31-/m1/s1. The lowest BCUT2D eigenvalue weighted by Crippen LogP contribution is -2.54. The Bertz CT molecular complexity index is 851. The summed E-state index contributed by atoms with van der Waals surface area (Å²) in [4.78, 5) is 24.1. The lowest BCUT2D eigenvalue weighted by atomic mass is 9.45. The Balaban J connectivity index is 1.56. The SMILES string of the molecule is CC(=O)OC1CC[C@]2(C)C3=C(CCC2C1(C)C)C1CCC(C(C)CCC(=O)C(C)C)[C@@]1(C)CC3. The molecule has 0 N–H and O–H groups in total. The van der Waals surface area contributed by atoms with Crippen LogP contribution in [0, 0.1) is 45.8 Å². The maximum Gasteiger partial charge on any atom is 0.302 e. The molecule has 0 aromatic carbocycles. The molecule has 2 fully saturated rings. The van der Waals surface area contributed by atoms with Crippen molar-refractivity contribution in [1.82, 2.24) is 0 Å². The molecule has 0 heterocycles. The summed E-state index contributed by atoms with van der Waals surface area (Å²) in [6.45, 7) is 17.9. The number of Topliss-reactive ketones (excluding diaryl/α,β-unsaturated/α-hetero) is 1. The van der Waals surface area contributed by atoms with Gasteiger partial charge in [-0.05, 0) is 92.3 Å². The van der Waals surface area contributed by atoms with Gasteiger partial charge in [0, 0.05) is 24.7 Å². The van der Waals surface area contributed by atoms with Crippen LogP contribution in [0.2, 0.25) is 0 Å². The quantitative estimate of drug-likeness (QED) is 0.292. The second kappa shape index (κ2) is 9.07. The van der Waals surface area contributed by atoms with Crippen molar-refractivity contribution in [3.8, 4) is 0 Å². The average molecular weight is 471 g/mol. The molecule has 0 amide bonds. The topological polar surface area (TPSA) is 43.4 Å². The largest absolute Gasteiger partial charge is 0.462 e. The van der Waals surface area contributed by atoms with Gasteiger partial charge < -0.3 is 4.74 Å². The van der Waals surface area contributed by atoms with Crippen molar-refractivity contribution in [1.29, 1.82) is 0 Å². The fraction of sp³-hybridized carbons (Fsp3) is 0.871. The molecule has 3 nitrogen and oxygen atoms in total. The molecule has 0 aromatic heterocycles. The van der Waals surface area contributed by atoms with Crippen molar-refractivity contribution in [2.75, 3.05) is 0 Å². The summed E-state index contributed by atoms with van der Waals surface area (Å²) in [5.74, 6) is 3.15. The van der Waals surface area contributed by atoms with Crippen LogP contribution in [-0.2, 0) is 14.3 Å². The van der Waals surface area contributed by atoms with Crippen LogP contribution in [0.15, 0.2) is 11.1 Å². The summed E-state index contributed by atoms with van der Waals surface area (Å²) >= 11 is 0. The Morgan fingerprint density at radius 1 is 0.971 bits per heavy atom. The van der Waals surface area contributed by atoms with Gasteiger partial charge in [-0.2, -0.15) is 0 Å². The number of allylic oxidation sites excluding steroid dienone is 2. The maximum absolute atomic E-state index is 12.3. The molecule has 7 atom stereocenters. The molecule has 5 unspecified atom stereocenters. The van der Waals surface area contributed by atoms with Gasteiger partial charge in [0.1, 0.15) is 11.9 Å². The van der Waals surface area contributed by atoms with E-state index in [-0.39, 0.29) is 28.8 Å². The Morgan fingerprint density at radius 3 is 2.32 bits per heavy atom. The van der Waals surface area contributed by atoms with E-state index in [2.05, 4.69) is 34.6 Å². The third kappa shape index (κ3) is 4.11. The lowest BCUT2D eigenvalue weighted by Gasteiger charge is -2.60. The summed E-state index contributed by atoms with van der Waals surface area (Å²) in [6.07, 6.45) is 11.7. The highest BCUT2D eigenvalue weighted by Gasteiger charge is 2.59. The lowest BCUT2D eigenvalue weighted by molar-refractivity contribution is -0.167. The normalized spacial score (nSPS) is 39.8. The van der Waals surface area contributed by atoms with Crippen LogP contribution in [0.3, 0.4) is 0 Å². The zero-order chi connectivity index (χ0) is 25.1. The molecule has 4 aliphatic carbocycles. The first-order chi connectivity index (χ1) is 15.8. The van der Waals surface area contributed by atoms with Gasteiger partial charge in [-0.25, -0.2) is 0 Å². The highest BCUT2D eigenvalue weighted by molar-refractivity contribution is 5.80. The van der Waals surface area contributed by atoms with Gasteiger partial charge in [0.25, 0.3) is 0 Å². The second-order valence-electron chi connectivity index (χ2n) is 13.8. The third-order valence-corrected chi connectivity index (χ3v) is 11.4. The van der Waals surface area contributed by atoms with Crippen LogP contribution < -0.4 is 0 Å². The van der Waals surface area contributed by atoms with Crippen LogP contribution in [0.4, 0.5) is 0 Å². The first kappa shape index (κ1) is 26.0. The van der Waals surface area contributed by atoms with Crippen LogP contribution in [0.1, 0.15) is 120 Å². The number of hydrogen-bond donors (Lipinski definition) is 0. The molecule has 0 aromatic rings. The van der Waals surface area contributed by atoms with Crippen molar-refractivity contribution in [3.63, 3.8) is 0 Å². The molecule has 4 rings (SSSR count). The fourth-order valence-corrected chi connectivity index (χ4v) is 9.52. The van der Waals surface area contributed by atoms with E-state index in [1.807, 2.05) is 19.4 Å². The molecule has 2 saturated carbocycles. The van der Waals surface area contributed by atoms with Crippen molar-refractivity contribution in [3.05, 3.63) is 11.1 Å². The van der Waals surface area contributed by atoms with E-state index in [0.717, 1.165) is 37.5 Å². The van der Waals surface area contributed by atoms with Gasteiger partial charge in [-0.1, -0.05) is 59.6 Å². The summed E-state index contributed by atoms with van der Waals surface area (Å²) < 4.78 is 5.84.